The van der Waals surface area contributed by atoms with Gasteiger partial charge in [0.05, 0.1) is 17.5 Å². The second-order valence-electron chi connectivity index (χ2n) is 6.56. The normalized spacial score (nSPS) is 10.6. The van der Waals surface area contributed by atoms with E-state index in [1.807, 2.05) is 31.2 Å². The molecule has 3 aromatic rings. The monoisotopic (exact) mass is 379 g/mol. The van der Waals surface area contributed by atoms with Gasteiger partial charge in [0.25, 0.3) is 11.5 Å². The van der Waals surface area contributed by atoms with Crippen LogP contribution in [0.25, 0.3) is 10.8 Å². The van der Waals surface area contributed by atoms with Gasteiger partial charge in [-0.1, -0.05) is 42.5 Å². The van der Waals surface area contributed by atoms with Crippen molar-refractivity contribution < 1.29 is 14.3 Å². The van der Waals surface area contributed by atoms with Crippen LogP contribution in [0.5, 0.6) is 0 Å². The number of aromatic nitrogens is 2. The summed E-state index contributed by atoms with van der Waals surface area (Å²) in [6.07, 6.45) is -0.133. The summed E-state index contributed by atoms with van der Waals surface area (Å²) in [5.41, 5.74) is 2.21. The fraction of sp³-hybridized carbons (Fsp3) is 0.238. The molecule has 0 spiro atoms. The summed E-state index contributed by atoms with van der Waals surface area (Å²) in [6, 6.07) is 14.7. The van der Waals surface area contributed by atoms with Gasteiger partial charge in [0.1, 0.15) is 0 Å². The molecular formula is C21H21N3O4. The lowest BCUT2D eigenvalue weighted by molar-refractivity contribution is -0.151. The first-order valence-corrected chi connectivity index (χ1v) is 8.86. The van der Waals surface area contributed by atoms with E-state index in [4.69, 9.17) is 4.74 Å². The highest BCUT2D eigenvalue weighted by atomic mass is 16.5. The highest BCUT2D eigenvalue weighted by Crippen LogP contribution is 2.13. The summed E-state index contributed by atoms with van der Waals surface area (Å²) in [7, 11) is 1.67. The number of benzene rings is 2. The first-order chi connectivity index (χ1) is 13.5. The predicted molar refractivity (Wildman–Crippen MR) is 105 cm³/mol. The van der Waals surface area contributed by atoms with E-state index < -0.39 is 5.97 Å². The van der Waals surface area contributed by atoms with Gasteiger partial charge in [-0.05, 0) is 24.1 Å². The van der Waals surface area contributed by atoms with Crippen molar-refractivity contribution in [3.63, 3.8) is 0 Å². The SMILES string of the molecule is Cc1ccccc1CN(C)C(=O)COC(=O)Cc1n[nH]c(=O)c2ccccc12. The lowest BCUT2D eigenvalue weighted by atomic mass is 10.1. The standard InChI is InChI=1S/C21H21N3O4/c1-14-7-3-4-8-15(14)12-24(2)19(25)13-28-20(26)11-18-16-9-5-6-10-17(16)21(27)23-22-18/h3-10H,11-13H2,1-2H3,(H,23,27). The summed E-state index contributed by atoms with van der Waals surface area (Å²) in [5, 5.41) is 7.36. The summed E-state index contributed by atoms with van der Waals surface area (Å²) in [5.74, 6) is -0.877. The fourth-order valence-electron chi connectivity index (χ4n) is 2.88. The molecule has 1 heterocycles. The lowest BCUT2D eigenvalue weighted by Crippen LogP contribution is -2.31. The minimum atomic E-state index is -0.581. The lowest BCUT2D eigenvalue weighted by Gasteiger charge is -2.18. The maximum absolute atomic E-state index is 12.3. The van der Waals surface area contributed by atoms with E-state index in [9.17, 15) is 14.4 Å². The molecule has 3 rings (SSSR count). The first kappa shape index (κ1) is 19.3. The number of aryl methyl sites for hydroxylation is 1. The number of carbonyl (C=O) groups is 2. The number of hydrogen-bond donors (Lipinski definition) is 1. The number of likely N-dealkylation sites (N-methyl/N-ethyl adjacent to an activating group) is 1. The van der Waals surface area contributed by atoms with Crippen molar-refractivity contribution in [1.82, 2.24) is 15.1 Å². The number of amides is 1. The molecule has 7 nitrogen and oxygen atoms in total. The van der Waals surface area contributed by atoms with Gasteiger partial charge in [0.15, 0.2) is 6.61 Å². The number of nitrogens with zero attached hydrogens (tertiary/aromatic N) is 2. The summed E-state index contributed by atoms with van der Waals surface area (Å²) in [6.45, 7) is 2.08. The maximum atomic E-state index is 12.3. The summed E-state index contributed by atoms with van der Waals surface area (Å²) >= 11 is 0. The van der Waals surface area contributed by atoms with Gasteiger partial charge in [0, 0.05) is 19.0 Å². The smallest absolute Gasteiger partial charge is 0.312 e. The fourth-order valence-corrected chi connectivity index (χ4v) is 2.88. The molecule has 1 aromatic heterocycles. The molecule has 144 valence electrons. The highest BCUT2D eigenvalue weighted by molar-refractivity contribution is 5.87. The average molecular weight is 379 g/mol. The molecule has 7 heteroatoms. The zero-order valence-electron chi connectivity index (χ0n) is 15.8. The molecule has 0 bridgehead atoms. The molecule has 2 aromatic carbocycles. The van der Waals surface area contributed by atoms with Crippen LogP contribution in [0.1, 0.15) is 16.8 Å². The van der Waals surface area contributed by atoms with Crippen LogP contribution in [0.4, 0.5) is 0 Å². The minimum Gasteiger partial charge on any atom is -0.455 e. The van der Waals surface area contributed by atoms with Crippen LogP contribution in [0, 0.1) is 6.92 Å². The number of rotatable bonds is 6. The van der Waals surface area contributed by atoms with Crippen LogP contribution in [-0.2, 0) is 27.3 Å². The molecule has 0 aliphatic rings. The third-order valence-corrected chi connectivity index (χ3v) is 4.54. The Balaban J connectivity index is 1.59. The number of H-pyrrole nitrogens is 1. The molecule has 0 fully saturated rings. The third-order valence-electron chi connectivity index (χ3n) is 4.54. The highest BCUT2D eigenvalue weighted by Gasteiger charge is 2.15. The van der Waals surface area contributed by atoms with Crippen molar-refractivity contribution in [3.05, 3.63) is 75.7 Å². The van der Waals surface area contributed by atoms with Crippen LogP contribution < -0.4 is 5.56 Å². The molecule has 28 heavy (non-hydrogen) atoms. The van der Waals surface area contributed by atoms with Crippen molar-refractivity contribution in [2.24, 2.45) is 0 Å². The second-order valence-corrected chi connectivity index (χ2v) is 6.56. The molecule has 1 N–H and O–H groups in total. The number of esters is 1. The average Bonchev–Trinajstić information content (AvgIpc) is 2.70. The Labute approximate surface area is 161 Å². The van der Waals surface area contributed by atoms with Gasteiger partial charge in [-0.25, -0.2) is 5.10 Å². The third kappa shape index (κ3) is 4.43. The van der Waals surface area contributed by atoms with E-state index in [0.717, 1.165) is 11.1 Å². The second kappa shape index (κ2) is 8.47. The Hall–Kier alpha value is -3.48. The zero-order chi connectivity index (χ0) is 20.1. The van der Waals surface area contributed by atoms with Crippen LogP contribution in [-0.4, -0.2) is 40.6 Å². The van der Waals surface area contributed by atoms with Gasteiger partial charge in [-0.2, -0.15) is 5.10 Å². The Morgan fingerprint density at radius 1 is 1.07 bits per heavy atom. The Morgan fingerprint density at radius 3 is 2.50 bits per heavy atom. The van der Waals surface area contributed by atoms with Gasteiger partial charge < -0.3 is 9.64 Å². The predicted octanol–water partition coefficient (Wildman–Crippen LogP) is 1.98. The van der Waals surface area contributed by atoms with Crippen LogP contribution in [0.15, 0.2) is 53.3 Å². The number of carbonyl (C=O) groups excluding carboxylic acids is 2. The van der Waals surface area contributed by atoms with Crippen LogP contribution in [0.2, 0.25) is 0 Å². The maximum Gasteiger partial charge on any atom is 0.312 e. The Morgan fingerprint density at radius 2 is 1.75 bits per heavy atom. The number of aromatic amines is 1. The van der Waals surface area contributed by atoms with E-state index in [2.05, 4.69) is 10.2 Å². The summed E-state index contributed by atoms with van der Waals surface area (Å²) in [4.78, 5) is 37.7. The molecule has 0 saturated heterocycles. The molecule has 0 radical (unpaired) electrons. The zero-order valence-corrected chi connectivity index (χ0v) is 15.8. The number of hydrogen-bond acceptors (Lipinski definition) is 5. The van der Waals surface area contributed by atoms with Crippen molar-refractivity contribution in [2.75, 3.05) is 13.7 Å². The number of fused-ring (bicyclic) bond motifs is 1. The molecular weight excluding hydrogens is 358 g/mol. The van der Waals surface area contributed by atoms with Gasteiger partial charge in [-0.15, -0.1) is 0 Å². The largest absolute Gasteiger partial charge is 0.455 e. The van der Waals surface area contributed by atoms with Crippen molar-refractivity contribution in [3.8, 4) is 0 Å². The first-order valence-electron chi connectivity index (χ1n) is 8.86. The molecule has 0 aliphatic heterocycles. The molecule has 1 amide bonds. The number of nitrogens with one attached hydrogen (secondary N) is 1. The van der Waals surface area contributed by atoms with Crippen LogP contribution >= 0.6 is 0 Å². The molecule has 0 atom stereocenters. The van der Waals surface area contributed by atoms with E-state index >= 15 is 0 Å². The van der Waals surface area contributed by atoms with E-state index in [-0.39, 0.29) is 24.5 Å². The van der Waals surface area contributed by atoms with Gasteiger partial charge >= 0.3 is 5.97 Å². The van der Waals surface area contributed by atoms with Crippen LogP contribution in [0.3, 0.4) is 0 Å². The van der Waals surface area contributed by atoms with Gasteiger partial charge in [-0.3, -0.25) is 14.4 Å². The van der Waals surface area contributed by atoms with E-state index in [1.54, 1.807) is 31.3 Å². The van der Waals surface area contributed by atoms with Crippen molar-refractivity contribution >= 4 is 22.6 Å². The van der Waals surface area contributed by atoms with Crippen molar-refractivity contribution in [2.45, 2.75) is 19.9 Å². The quantitative estimate of drug-likeness (QED) is 0.661. The van der Waals surface area contributed by atoms with E-state index in [0.29, 0.717) is 23.0 Å². The minimum absolute atomic E-state index is 0.133. The molecule has 0 aliphatic carbocycles. The Bertz CT molecular complexity index is 1070. The summed E-state index contributed by atoms with van der Waals surface area (Å²) < 4.78 is 5.11. The van der Waals surface area contributed by atoms with Crippen molar-refractivity contribution in [1.29, 1.82) is 0 Å². The molecule has 0 unspecified atom stereocenters. The topological polar surface area (TPSA) is 92.4 Å². The van der Waals surface area contributed by atoms with Gasteiger partial charge in [0.2, 0.25) is 0 Å². The molecule has 0 saturated carbocycles. The Kier molecular flexibility index (Phi) is 5.84. The van der Waals surface area contributed by atoms with E-state index in [1.165, 1.54) is 4.90 Å². The number of ether oxygens (including phenoxy) is 1.